The predicted octanol–water partition coefficient (Wildman–Crippen LogP) is 2.66. The van der Waals surface area contributed by atoms with Crippen LogP contribution >= 0.6 is 0 Å². The van der Waals surface area contributed by atoms with Gasteiger partial charge in [-0.05, 0) is 42.8 Å². The molecule has 0 radical (unpaired) electrons. The number of esters is 1. The van der Waals surface area contributed by atoms with Gasteiger partial charge in [0, 0.05) is 11.9 Å². The monoisotopic (exact) mass is 314 g/mol. The Kier molecular flexibility index (Phi) is 5.68. The van der Waals surface area contributed by atoms with Crippen molar-refractivity contribution in [1.82, 2.24) is 4.98 Å². The molecule has 1 atom stereocenters. The van der Waals surface area contributed by atoms with Crippen molar-refractivity contribution in [2.45, 2.75) is 19.4 Å². The summed E-state index contributed by atoms with van der Waals surface area (Å²) in [5.74, 6) is -0.319. The molecule has 0 aliphatic carbocycles. The Morgan fingerprint density at radius 2 is 1.91 bits per heavy atom. The summed E-state index contributed by atoms with van der Waals surface area (Å²) in [7, 11) is 1.57. The molecule has 0 bridgehead atoms. The molecule has 0 saturated heterocycles. The average Bonchev–Trinajstić information content (AvgIpc) is 2.60. The first-order valence-electron chi connectivity index (χ1n) is 7.21. The summed E-state index contributed by atoms with van der Waals surface area (Å²) in [4.78, 5) is 28.1. The first-order chi connectivity index (χ1) is 11.1. The quantitative estimate of drug-likeness (QED) is 0.829. The number of methoxy groups -OCH3 is 1. The van der Waals surface area contributed by atoms with Crippen molar-refractivity contribution in [3.63, 3.8) is 0 Å². The molecule has 1 amide bonds. The molecular formula is C17H18N2O4. The maximum absolute atomic E-state index is 12.2. The Balaban J connectivity index is 1.99. The number of pyridine rings is 1. The summed E-state index contributed by atoms with van der Waals surface area (Å²) in [6, 6.07) is 11.8. The molecule has 6 heteroatoms. The Morgan fingerprint density at radius 3 is 2.48 bits per heavy atom. The van der Waals surface area contributed by atoms with Gasteiger partial charge in [-0.15, -0.1) is 0 Å². The van der Waals surface area contributed by atoms with Gasteiger partial charge in [0.05, 0.1) is 7.11 Å². The van der Waals surface area contributed by atoms with Gasteiger partial charge < -0.3 is 14.8 Å². The van der Waals surface area contributed by atoms with Crippen molar-refractivity contribution >= 4 is 17.6 Å². The molecule has 0 spiro atoms. The zero-order valence-electron chi connectivity index (χ0n) is 13.0. The fourth-order valence-electron chi connectivity index (χ4n) is 1.89. The van der Waals surface area contributed by atoms with Crippen LogP contribution in [0.1, 0.15) is 23.8 Å². The summed E-state index contributed by atoms with van der Waals surface area (Å²) >= 11 is 0. The number of anilines is 1. The lowest BCUT2D eigenvalue weighted by Crippen LogP contribution is -2.32. The molecule has 1 N–H and O–H groups in total. The summed E-state index contributed by atoms with van der Waals surface area (Å²) < 4.78 is 10.3. The maximum Gasteiger partial charge on any atom is 0.357 e. The third kappa shape index (κ3) is 4.54. The van der Waals surface area contributed by atoms with Crippen LogP contribution in [0.5, 0.6) is 5.75 Å². The number of aromatic nitrogens is 1. The molecule has 1 aromatic carbocycles. The Bertz CT molecular complexity index is 656. The summed E-state index contributed by atoms with van der Waals surface area (Å²) in [6.45, 7) is 1.77. The molecule has 2 aromatic rings. The second-order valence-corrected chi connectivity index (χ2v) is 4.73. The molecular weight excluding hydrogens is 296 g/mol. The number of hydrogen-bond acceptors (Lipinski definition) is 5. The molecule has 23 heavy (non-hydrogen) atoms. The number of ether oxygens (including phenoxy) is 2. The molecule has 0 fully saturated rings. The lowest BCUT2D eigenvalue weighted by atomic mass is 10.2. The average molecular weight is 314 g/mol. The van der Waals surface area contributed by atoms with Crippen LogP contribution in [-0.2, 0) is 9.53 Å². The molecule has 0 aliphatic heterocycles. The predicted molar refractivity (Wildman–Crippen MR) is 85.4 cm³/mol. The van der Waals surface area contributed by atoms with E-state index in [4.69, 9.17) is 9.47 Å². The second-order valence-electron chi connectivity index (χ2n) is 4.73. The van der Waals surface area contributed by atoms with Crippen molar-refractivity contribution in [3.8, 4) is 5.75 Å². The van der Waals surface area contributed by atoms with Crippen LogP contribution in [0.2, 0.25) is 0 Å². The van der Waals surface area contributed by atoms with Gasteiger partial charge in [-0.2, -0.15) is 0 Å². The fraction of sp³-hybridized carbons (Fsp3) is 0.235. The number of carbonyl (C=O) groups is 2. The number of nitrogens with zero attached hydrogens (tertiary/aromatic N) is 1. The van der Waals surface area contributed by atoms with Gasteiger partial charge in [-0.3, -0.25) is 4.79 Å². The molecule has 0 saturated carbocycles. The highest BCUT2D eigenvalue weighted by molar-refractivity contribution is 5.97. The van der Waals surface area contributed by atoms with Crippen molar-refractivity contribution in [1.29, 1.82) is 0 Å². The standard InChI is InChI=1S/C17H18N2O4/c1-3-15(23-17(21)14-6-4-5-11-18-14)16(20)19-12-7-9-13(22-2)10-8-12/h4-11,15H,3H2,1-2H3,(H,19,20)/t15-/m0/s1. The topological polar surface area (TPSA) is 77.5 Å². The van der Waals surface area contributed by atoms with E-state index in [1.165, 1.54) is 12.3 Å². The van der Waals surface area contributed by atoms with E-state index in [-0.39, 0.29) is 11.6 Å². The molecule has 1 aromatic heterocycles. The number of carbonyl (C=O) groups excluding carboxylic acids is 2. The molecule has 0 unspecified atom stereocenters. The largest absolute Gasteiger partial charge is 0.497 e. The molecule has 2 rings (SSSR count). The fourth-order valence-corrected chi connectivity index (χ4v) is 1.89. The third-order valence-electron chi connectivity index (χ3n) is 3.14. The van der Waals surface area contributed by atoms with Gasteiger partial charge in [0.25, 0.3) is 5.91 Å². The van der Waals surface area contributed by atoms with Crippen LogP contribution in [0.4, 0.5) is 5.69 Å². The smallest absolute Gasteiger partial charge is 0.357 e. The summed E-state index contributed by atoms with van der Waals surface area (Å²) in [5.41, 5.74) is 0.770. The highest BCUT2D eigenvalue weighted by Gasteiger charge is 2.22. The molecule has 6 nitrogen and oxygen atoms in total. The highest BCUT2D eigenvalue weighted by atomic mass is 16.5. The molecule has 120 valence electrons. The zero-order chi connectivity index (χ0) is 16.7. The highest BCUT2D eigenvalue weighted by Crippen LogP contribution is 2.16. The van der Waals surface area contributed by atoms with Crippen LogP contribution in [0.15, 0.2) is 48.7 Å². The number of benzene rings is 1. The second kappa shape index (κ2) is 7.93. The molecule has 1 heterocycles. The zero-order valence-corrected chi connectivity index (χ0v) is 13.0. The number of hydrogen-bond donors (Lipinski definition) is 1. The van der Waals surface area contributed by atoms with Crippen LogP contribution in [0, 0.1) is 0 Å². The van der Waals surface area contributed by atoms with Gasteiger partial charge in [-0.1, -0.05) is 13.0 Å². The van der Waals surface area contributed by atoms with Crippen molar-refractivity contribution in [2.75, 3.05) is 12.4 Å². The van der Waals surface area contributed by atoms with Crippen molar-refractivity contribution < 1.29 is 19.1 Å². The number of amides is 1. The van der Waals surface area contributed by atoms with Crippen LogP contribution in [0.25, 0.3) is 0 Å². The molecule has 0 aliphatic rings. The van der Waals surface area contributed by atoms with E-state index in [0.717, 1.165) is 0 Å². The Hall–Kier alpha value is -2.89. The summed E-state index contributed by atoms with van der Waals surface area (Å²) in [6.07, 6.45) is 0.974. The minimum atomic E-state index is -0.883. The van der Waals surface area contributed by atoms with Gasteiger partial charge in [0.1, 0.15) is 11.4 Å². The Labute approximate surface area is 134 Å². The van der Waals surface area contributed by atoms with E-state index in [0.29, 0.717) is 17.9 Å². The number of rotatable bonds is 6. The first-order valence-corrected chi connectivity index (χ1v) is 7.21. The summed E-state index contributed by atoms with van der Waals surface area (Å²) in [5, 5.41) is 2.71. The first kappa shape index (κ1) is 16.5. The minimum absolute atomic E-state index is 0.170. The normalized spacial score (nSPS) is 11.4. The van der Waals surface area contributed by atoms with Gasteiger partial charge >= 0.3 is 5.97 Å². The number of nitrogens with one attached hydrogen (secondary N) is 1. The van der Waals surface area contributed by atoms with Gasteiger partial charge in [0.15, 0.2) is 6.10 Å². The van der Waals surface area contributed by atoms with E-state index in [2.05, 4.69) is 10.3 Å². The van der Waals surface area contributed by atoms with Gasteiger partial charge in [-0.25, -0.2) is 9.78 Å². The van der Waals surface area contributed by atoms with E-state index < -0.39 is 12.1 Å². The lowest BCUT2D eigenvalue weighted by molar-refractivity contribution is -0.124. The van der Waals surface area contributed by atoms with Gasteiger partial charge in [0.2, 0.25) is 0 Å². The van der Waals surface area contributed by atoms with Crippen LogP contribution in [-0.4, -0.2) is 30.1 Å². The van der Waals surface area contributed by atoms with Crippen molar-refractivity contribution in [3.05, 3.63) is 54.4 Å². The minimum Gasteiger partial charge on any atom is -0.497 e. The maximum atomic E-state index is 12.2. The van der Waals surface area contributed by atoms with E-state index in [9.17, 15) is 9.59 Å². The van der Waals surface area contributed by atoms with Crippen LogP contribution in [0.3, 0.4) is 0 Å². The Morgan fingerprint density at radius 1 is 1.17 bits per heavy atom. The third-order valence-corrected chi connectivity index (χ3v) is 3.14. The van der Waals surface area contributed by atoms with E-state index in [1.807, 2.05) is 0 Å². The lowest BCUT2D eigenvalue weighted by Gasteiger charge is -2.16. The van der Waals surface area contributed by atoms with E-state index >= 15 is 0 Å². The van der Waals surface area contributed by atoms with Crippen LogP contribution < -0.4 is 10.1 Å². The SMILES string of the molecule is CC[C@H](OC(=O)c1ccccn1)C(=O)Nc1ccc(OC)cc1. The van der Waals surface area contributed by atoms with Crippen molar-refractivity contribution in [2.24, 2.45) is 0 Å². The van der Waals surface area contributed by atoms with E-state index in [1.54, 1.807) is 50.4 Å².